The minimum Gasteiger partial charge on any atom is -0.306 e. The molecule has 0 radical (unpaired) electrons. The van der Waals surface area contributed by atoms with Gasteiger partial charge in [0.05, 0.1) is 96.4 Å². The molecule has 0 amide bonds. The first kappa shape index (κ1) is 59.5. The maximum Gasteiger partial charge on any atom is 0.0716 e. The van der Waals surface area contributed by atoms with Gasteiger partial charge in [-0.15, -0.1) is 0 Å². The second-order valence-corrected chi connectivity index (χ2v) is 26.7. The molecule has 0 saturated heterocycles. The van der Waals surface area contributed by atoms with E-state index in [0.29, 0.717) is 0 Å². The van der Waals surface area contributed by atoms with Crippen LogP contribution in [0.2, 0.25) is 0 Å². The molecule has 0 bridgehead atoms. The molecule has 12 nitrogen and oxygen atoms in total. The summed E-state index contributed by atoms with van der Waals surface area (Å²) in [5.41, 5.74) is 30.2. The van der Waals surface area contributed by atoms with Crippen molar-refractivity contribution >= 4 is 136 Å². The Balaban J connectivity index is 0.897. The third-order valence-electron chi connectivity index (χ3n) is 21.2. The molecule has 16 aromatic rings. The first-order chi connectivity index (χ1) is 52.2. The van der Waals surface area contributed by atoms with E-state index in [0.717, 1.165) is 159 Å². The molecule has 1 aliphatic carbocycles. The van der Waals surface area contributed by atoms with Gasteiger partial charge in [0, 0.05) is 95.1 Å². The van der Waals surface area contributed by atoms with Crippen molar-refractivity contribution in [3.63, 3.8) is 0 Å². The molecule has 0 spiro atoms. The minimum atomic E-state index is -1.06. The molecule has 4 aromatic heterocycles. The fraction of sp³-hybridized carbons (Fsp3) is 0.0108. The number of fused-ring (bicyclic) bond motifs is 11. The van der Waals surface area contributed by atoms with Gasteiger partial charge in [-0.2, -0.15) is 0 Å². The van der Waals surface area contributed by atoms with Gasteiger partial charge in [-0.25, -0.2) is 0 Å². The second kappa shape index (κ2) is 23.9. The summed E-state index contributed by atoms with van der Waals surface area (Å²) in [5.74, 6) is 0. The summed E-state index contributed by atoms with van der Waals surface area (Å²) in [4.78, 5) is 37.5. The van der Waals surface area contributed by atoms with E-state index in [9.17, 15) is 0 Å². The van der Waals surface area contributed by atoms with Gasteiger partial charge in [-0.3, -0.25) is 19.9 Å². The van der Waals surface area contributed by atoms with Gasteiger partial charge in [-0.05, 0) is 215 Å². The van der Waals surface area contributed by atoms with Crippen molar-refractivity contribution in [2.75, 3.05) is 39.2 Å². The van der Waals surface area contributed by atoms with Gasteiger partial charge in [0.2, 0.25) is 0 Å². The van der Waals surface area contributed by atoms with E-state index < -0.39 is 5.41 Å². The van der Waals surface area contributed by atoms with E-state index in [2.05, 4.69) is 387 Å². The van der Waals surface area contributed by atoms with Crippen LogP contribution in [-0.4, -0.2) is 19.9 Å². The molecule has 0 unspecified atom stereocenters. The molecule has 12 heteroatoms. The number of anilines is 24. The number of para-hydroxylation sites is 16. The molecule has 0 saturated carbocycles. The maximum atomic E-state index is 4.51. The average molecular weight is 1350 g/mol. The Morgan fingerprint density at radius 1 is 0.162 bits per heavy atom. The van der Waals surface area contributed by atoms with Gasteiger partial charge in [0.15, 0.2) is 0 Å². The molecule has 12 aromatic carbocycles. The number of benzene rings is 12. The molecule has 0 N–H and O–H groups in total. The quantitative estimate of drug-likeness (QED) is 0.131. The molecule has 0 atom stereocenters. The van der Waals surface area contributed by atoms with Gasteiger partial charge < -0.3 is 39.2 Å². The number of pyridine rings is 4. The van der Waals surface area contributed by atoms with Crippen LogP contribution in [0.1, 0.15) is 22.3 Å². The standard InChI is InChI=1S/C93H62N12/c1-3-23-75-73(21-1)74-22-2-4-24-76(74)93(75,63-57-69(102-85-33-13-5-25-77(85)98(65-41-49-94-50-42-65)78-26-6-14-34-86(78)102)61-70(58-63)103-87-35-15-7-27-79(87)99(66-43-51-95-52-44-66)80-28-8-16-36-88(80)103)64-59-71(104-89-37-17-9-29-81(89)100(67-45-53-96-54-46-67)82-30-10-18-38-90(82)104)62-72(60-64)105-91-39-19-11-31-83(91)101(68-47-55-97-56-48-68)84-32-12-20-40-92(84)105/h1-62H. The highest BCUT2D eigenvalue weighted by Crippen LogP contribution is 2.65. The van der Waals surface area contributed by atoms with Crippen LogP contribution < -0.4 is 39.2 Å². The Kier molecular flexibility index (Phi) is 13.5. The zero-order chi connectivity index (χ0) is 69.1. The zero-order valence-electron chi connectivity index (χ0n) is 56.7. The Morgan fingerprint density at radius 2 is 0.324 bits per heavy atom. The second-order valence-electron chi connectivity index (χ2n) is 26.7. The van der Waals surface area contributed by atoms with Crippen LogP contribution in [0.3, 0.4) is 0 Å². The van der Waals surface area contributed by atoms with Crippen LogP contribution in [0.4, 0.5) is 136 Å². The molecule has 4 aliphatic heterocycles. The van der Waals surface area contributed by atoms with E-state index in [1.54, 1.807) is 0 Å². The van der Waals surface area contributed by atoms with Crippen LogP contribution in [0.5, 0.6) is 0 Å². The highest BCUT2D eigenvalue weighted by atomic mass is 15.3. The van der Waals surface area contributed by atoms with Crippen molar-refractivity contribution in [3.8, 4) is 11.1 Å². The summed E-state index contributed by atoms with van der Waals surface area (Å²) in [5, 5.41) is 0. The summed E-state index contributed by atoms with van der Waals surface area (Å²) < 4.78 is 0. The molecule has 0 fully saturated rings. The Bertz CT molecular complexity index is 5220. The van der Waals surface area contributed by atoms with Crippen molar-refractivity contribution in [1.29, 1.82) is 0 Å². The molecule has 494 valence electrons. The molecular formula is C93H62N12. The average Bonchev–Trinajstić information content (AvgIpc) is 1.52. The van der Waals surface area contributed by atoms with Crippen LogP contribution >= 0.6 is 0 Å². The van der Waals surface area contributed by atoms with E-state index in [4.69, 9.17) is 0 Å². The molecule has 8 heterocycles. The van der Waals surface area contributed by atoms with Crippen LogP contribution in [0.15, 0.2) is 377 Å². The van der Waals surface area contributed by atoms with Crippen molar-refractivity contribution in [2.24, 2.45) is 0 Å². The minimum absolute atomic E-state index is 0.978. The lowest BCUT2D eigenvalue weighted by Gasteiger charge is -2.44. The lowest BCUT2D eigenvalue weighted by Crippen LogP contribution is -2.31. The summed E-state index contributed by atoms with van der Waals surface area (Å²) in [6.45, 7) is 0. The van der Waals surface area contributed by atoms with Crippen molar-refractivity contribution in [2.45, 2.75) is 5.41 Å². The van der Waals surface area contributed by atoms with E-state index >= 15 is 0 Å². The lowest BCUT2D eigenvalue weighted by atomic mass is 9.67. The van der Waals surface area contributed by atoms with E-state index in [1.807, 2.05) is 49.6 Å². The smallest absolute Gasteiger partial charge is 0.0716 e. The fourth-order valence-electron chi connectivity index (χ4n) is 17.1. The first-order valence-electron chi connectivity index (χ1n) is 35.4. The fourth-order valence-corrected chi connectivity index (χ4v) is 17.1. The SMILES string of the molecule is c1ccc2c(c1)-c1ccccc1C2(c1cc(N2c3ccccc3N(c3ccncc3)c3ccccc32)cc(N2c3ccccc3N(c3ccncc3)c3ccccc32)c1)c1cc(N2c3ccccc3N(c3ccncc3)c3ccccc32)cc(N2c3ccccc3N(c3ccncc3)c3ccccc32)c1. The van der Waals surface area contributed by atoms with Gasteiger partial charge in [0.25, 0.3) is 0 Å². The van der Waals surface area contributed by atoms with Crippen molar-refractivity contribution < 1.29 is 0 Å². The maximum absolute atomic E-state index is 4.51. The van der Waals surface area contributed by atoms with E-state index in [-0.39, 0.29) is 0 Å². The number of hydrogen-bond acceptors (Lipinski definition) is 12. The summed E-state index contributed by atoms with van der Waals surface area (Å²) in [7, 11) is 0. The van der Waals surface area contributed by atoms with Gasteiger partial charge in [-0.1, -0.05) is 146 Å². The third kappa shape index (κ3) is 9.06. The lowest BCUT2D eigenvalue weighted by molar-refractivity contribution is 0.768. The van der Waals surface area contributed by atoms with Crippen LogP contribution in [0, 0.1) is 0 Å². The van der Waals surface area contributed by atoms with Crippen molar-refractivity contribution in [3.05, 3.63) is 399 Å². The Hall–Kier alpha value is -14.4. The summed E-state index contributed by atoms with van der Waals surface area (Å²) in [6.07, 6.45) is 15.0. The Morgan fingerprint density at radius 3 is 0.514 bits per heavy atom. The highest BCUT2D eigenvalue weighted by molar-refractivity contribution is 6.08. The number of rotatable bonds is 10. The predicted octanol–water partition coefficient (Wildman–Crippen LogP) is 24.6. The largest absolute Gasteiger partial charge is 0.306 e. The monoisotopic (exact) mass is 1350 g/mol. The van der Waals surface area contributed by atoms with Crippen LogP contribution in [0.25, 0.3) is 11.1 Å². The highest BCUT2D eigenvalue weighted by Gasteiger charge is 2.49. The number of hydrogen-bond donors (Lipinski definition) is 0. The first-order valence-corrected chi connectivity index (χ1v) is 35.4. The zero-order valence-corrected chi connectivity index (χ0v) is 56.7. The molecular weight excluding hydrogens is 1290 g/mol. The van der Waals surface area contributed by atoms with Crippen molar-refractivity contribution in [1.82, 2.24) is 19.9 Å². The topological polar surface area (TPSA) is 77.5 Å². The number of nitrogens with zero attached hydrogens (tertiary/aromatic N) is 12. The van der Waals surface area contributed by atoms with Crippen LogP contribution in [-0.2, 0) is 5.41 Å². The third-order valence-corrected chi connectivity index (χ3v) is 21.2. The van der Waals surface area contributed by atoms with Gasteiger partial charge >= 0.3 is 0 Å². The Labute approximate surface area is 608 Å². The normalized spacial score (nSPS) is 13.8. The summed E-state index contributed by atoms with van der Waals surface area (Å²) in [6, 6.07) is 121. The van der Waals surface area contributed by atoms with E-state index in [1.165, 1.54) is 11.1 Å². The summed E-state index contributed by atoms with van der Waals surface area (Å²) >= 11 is 0. The molecule has 105 heavy (non-hydrogen) atoms. The van der Waals surface area contributed by atoms with Gasteiger partial charge in [0.1, 0.15) is 0 Å². The number of aromatic nitrogens is 4. The predicted molar refractivity (Wildman–Crippen MR) is 427 cm³/mol. The molecule has 21 rings (SSSR count). The molecule has 5 aliphatic rings.